The van der Waals surface area contributed by atoms with E-state index in [1.807, 2.05) is 0 Å². The standard InChI is InChI=1S/C31H60N2O/c1-5-9-12-14-19-29(20-15-13-10-6-2)30(34)33-24-21-31(22-25-33)26-32(27-31)23-16-18-28(8-4)17-11-7-3/h28-29H,5-27H2,1-4H3. The molecular formula is C31H60N2O. The highest BCUT2D eigenvalue weighted by Crippen LogP contribution is 2.41. The quantitative estimate of drug-likeness (QED) is 0.175. The fourth-order valence-electron chi connectivity index (χ4n) is 6.51. The van der Waals surface area contributed by atoms with Crippen LogP contribution in [-0.2, 0) is 4.79 Å². The summed E-state index contributed by atoms with van der Waals surface area (Å²) in [4.78, 5) is 18.4. The van der Waals surface area contributed by atoms with Gasteiger partial charge in [0, 0.05) is 32.1 Å². The smallest absolute Gasteiger partial charge is 0.225 e. The summed E-state index contributed by atoms with van der Waals surface area (Å²) in [5.74, 6) is 1.73. The number of nitrogens with zero attached hydrogens (tertiary/aromatic N) is 2. The van der Waals surface area contributed by atoms with E-state index in [1.54, 1.807) is 0 Å². The van der Waals surface area contributed by atoms with Crippen molar-refractivity contribution in [2.45, 2.75) is 143 Å². The van der Waals surface area contributed by atoms with E-state index < -0.39 is 0 Å². The zero-order chi connectivity index (χ0) is 24.7. The Morgan fingerprint density at radius 3 is 1.79 bits per heavy atom. The van der Waals surface area contributed by atoms with E-state index >= 15 is 0 Å². The summed E-state index contributed by atoms with van der Waals surface area (Å²) < 4.78 is 0. The van der Waals surface area contributed by atoms with Crippen LogP contribution in [0.25, 0.3) is 0 Å². The van der Waals surface area contributed by atoms with Crippen LogP contribution in [0.1, 0.15) is 143 Å². The summed E-state index contributed by atoms with van der Waals surface area (Å²) in [7, 11) is 0. The summed E-state index contributed by atoms with van der Waals surface area (Å²) in [5, 5.41) is 0. The third kappa shape index (κ3) is 10.2. The largest absolute Gasteiger partial charge is 0.342 e. The van der Waals surface area contributed by atoms with Crippen molar-refractivity contribution in [3.05, 3.63) is 0 Å². The first kappa shape index (κ1) is 29.7. The monoisotopic (exact) mass is 476 g/mol. The van der Waals surface area contributed by atoms with Gasteiger partial charge in [-0.05, 0) is 56.4 Å². The molecule has 0 N–H and O–H groups in total. The van der Waals surface area contributed by atoms with E-state index in [0.29, 0.717) is 17.2 Å². The first-order valence-corrected chi connectivity index (χ1v) is 15.6. The zero-order valence-corrected chi connectivity index (χ0v) is 23.7. The van der Waals surface area contributed by atoms with Crippen molar-refractivity contribution in [2.24, 2.45) is 17.3 Å². The van der Waals surface area contributed by atoms with E-state index in [0.717, 1.165) is 31.8 Å². The summed E-state index contributed by atoms with van der Waals surface area (Å²) in [6.45, 7) is 15.1. The van der Waals surface area contributed by atoms with Crippen LogP contribution in [0.2, 0.25) is 0 Å². The van der Waals surface area contributed by atoms with Gasteiger partial charge in [-0.1, -0.05) is 105 Å². The lowest BCUT2D eigenvalue weighted by molar-refractivity contribution is -0.141. The molecule has 0 bridgehead atoms. The minimum Gasteiger partial charge on any atom is -0.342 e. The zero-order valence-electron chi connectivity index (χ0n) is 23.7. The molecule has 200 valence electrons. The second kappa shape index (κ2) is 17.0. The van der Waals surface area contributed by atoms with E-state index in [-0.39, 0.29) is 0 Å². The van der Waals surface area contributed by atoms with Gasteiger partial charge < -0.3 is 9.80 Å². The molecule has 1 atom stereocenters. The van der Waals surface area contributed by atoms with Crippen LogP contribution in [0.4, 0.5) is 0 Å². The molecule has 1 spiro atoms. The molecule has 2 saturated heterocycles. The molecule has 3 heteroatoms. The van der Waals surface area contributed by atoms with Crippen molar-refractivity contribution in [1.82, 2.24) is 9.80 Å². The van der Waals surface area contributed by atoms with Gasteiger partial charge in [-0.3, -0.25) is 4.79 Å². The van der Waals surface area contributed by atoms with E-state index in [9.17, 15) is 4.79 Å². The Kier molecular flexibility index (Phi) is 14.8. The molecule has 2 fully saturated rings. The molecule has 1 unspecified atom stereocenters. The van der Waals surface area contributed by atoms with Crippen LogP contribution < -0.4 is 0 Å². The molecule has 2 rings (SSSR count). The van der Waals surface area contributed by atoms with Gasteiger partial charge in [0.25, 0.3) is 0 Å². The number of hydrogen-bond donors (Lipinski definition) is 0. The highest BCUT2D eigenvalue weighted by Gasteiger charge is 2.45. The molecule has 0 aromatic heterocycles. The molecule has 0 aromatic carbocycles. The normalized spacial score (nSPS) is 19.0. The van der Waals surface area contributed by atoms with Crippen LogP contribution in [-0.4, -0.2) is 48.4 Å². The second-order valence-corrected chi connectivity index (χ2v) is 12.0. The maximum absolute atomic E-state index is 13.4. The van der Waals surface area contributed by atoms with Crippen molar-refractivity contribution < 1.29 is 4.79 Å². The Morgan fingerprint density at radius 1 is 0.706 bits per heavy atom. The van der Waals surface area contributed by atoms with Crippen molar-refractivity contribution >= 4 is 5.91 Å². The molecule has 2 heterocycles. The summed E-state index contributed by atoms with van der Waals surface area (Å²) in [6, 6.07) is 0. The maximum Gasteiger partial charge on any atom is 0.225 e. The number of unbranched alkanes of at least 4 members (excludes halogenated alkanes) is 7. The van der Waals surface area contributed by atoms with Gasteiger partial charge in [0.15, 0.2) is 0 Å². The number of amides is 1. The second-order valence-electron chi connectivity index (χ2n) is 12.0. The van der Waals surface area contributed by atoms with Crippen LogP contribution in [0.3, 0.4) is 0 Å². The number of hydrogen-bond acceptors (Lipinski definition) is 2. The molecule has 3 nitrogen and oxygen atoms in total. The summed E-state index contributed by atoms with van der Waals surface area (Å²) in [5.41, 5.74) is 0.529. The first-order valence-electron chi connectivity index (χ1n) is 15.6. The number of rotatable bonds is 19. The van der Waals surface area contributed by atoms with Crippen molar-refractivity contribution in [3.8, 4) is 0 Å². The van der Waals surface area contributed by atoms with Crippen LogP contribution in [0.5, 0.6) is 0 Å². The fourth-order valence-corrected chi connectivity index (χ4v) is 6.51. The van der Waals surface area contributed by atoms with Gasteiger partial charge in [0.05, 0.1) is 0 Å². The van der Waals surface area contributed by atoms with Crippen LogP contribution >= 0.6 is 0 Å². The van der Waals surface area contributed by atoms with Crippen LogP contribution in [0, 0.1) is 17.3 Å². The van der Waals surface area contributed by atoms with E-state index in [4.69, 9.17) is 0 Å². The Bertz CT molecular complexity index is 506. The molecule has 2 aliphatic rings. The molecule has 0 radical (unpaired) electrons. The predicted octanol–water partition coefficient (Wildman–Crippen LogP) is 8.46. The van der Waals surface area contributed by atoms with Crippen molar-refractivity contribution in [3.63, 3.8) is 0 Å². The minimum atomic E-state index is 0.292. The topological polar surface area (TPSA) is 23.6 Å². The number of carbonyl (C=O) groups is 1. The SMILES string of the molecule is CCCCCCC(CCCCCC)C(=O)N1CCC2(CC1)CN(CCCC(CC)CCCC)C2. The molecule has 0 aliphatic carbocycles. The van der Waals surface area contributed by atoms with Crippen molar-refractivity contribution in [1.29, 1.82) is 0 Å². The minimum absolute atomic E-state index is 0.292. The number of likely N-dealkylation sites (tertiary alicyclic amines) is 2. The fraction of sp³-hybridized carbons (Fsp3) is 0.968. The number of carbonyl (C=O) groups excluding carboxylic acids is 1. The average Bonchev–Trinajstić information content (AvgIpc) is 2.84. The van der Waals surface area contributed by atoms with Gasteiger partial charge in [-0.15, -0.1) is 0 Å². The van der Waals surface area contributed by atoms with Crippen molar-refractivity contribution in [2.75, 3.05) is 32.7 Å². The molecule has 2 aliphatic heterocycles. The van der Waals surface area contributed by atoms with E-state index in [2.05, 4.69) is 37.5 Å². The third-order valence-corrected chi connectivity index (χ3v) is 9.05. The molecule has 34 heavy (non-hydrogen) atoms. The highest BCUT2D eigenvalue weighted by molar-refractivity contribution is 5.79. The summed E-state index contributed by atoms with van der Waals surface area (Å²) >= 11 is 0. The Morgan fingerprint density at radius 2 is 1.26 bits per heavy atom. The molecular weight excluding hydrogens is 416 g/mol. The van der Waals surface area contributed by atoms with Gasteiger partial charge in [0.1, 0.15) is 0 Å². The third-order valence-electron chi connectivity index (χ3n) is 9.05. The first-order chi connectivity index (χ1) is 16.6. The van der Waals surface area contributed by atoms with Gasteiger partial charge in [-0.2, -0.15) is 0 Å². The molecule has 1 amide bonds. The maximum atomic E-state index is 13.4. The Balaban J connectivity index is 1.69. The van der Waals surface area contributed by atoms with Gasteiger partial charge in [0.2, 0.25) is 5.91 Å². The molecule has 0 aromatic rings. The highest BCUT2D eigenvalue weighted by atomic mass is 16.2. The van der Waals surface area contributed by atoms with Gasteiger partial charge in [-0.25, -0.2) is 0 Å². The lowest BCUT2D eigenvalue weighted by atomic mass is 9.71. The van der Waals surface area contributed by atoms with Crippen LogP contribution in [0.15, 0.2) is 0 Å². The Hall–Kier alpha value is -0.570. The lowest BCUT2D eigenvalue weighted by Crippen LogP contribution is -2.61. The lowest BCUT2D eigenvalue weighted by Gasteiger charge is -2.54. The predicted molar refractivity (Wildman–Crippen MR) is 148 cm³/mol. The molecule has 0 saturated carbocycles. The van der Waals surface area contributed by atoms with E-state index in [1.165, 1.54) is 122 Å². The average molecular weight is 477 g/mol. The summed E-state index contributed by atoms with van der Waals surface area (Å²) in [6.07, 6.45) is 23.3. The van der Waals surface area contributed by atoms with Gasteiger partial charge >= 0.3 is 0 Å². The number of piperidine rings is 1. The Labute approximate surface area is 213 Å².